The third-order valence-corrected chi connectivity index (χ3v) is 5.11. The molecule has 0 saturated heterocycles. The number of ketones is 1. The molecule has 0 aliphatic heterocycles. The summed E-state index contributed by atoms with van der Waals surface area (Å²) < 4.78 is 16.8. The van der Waals surface area contributed by atoms with Gasteiger partial charge in [-0.3, -0.25) is 9.59 Å². The molecule has 0 aliphatic carbocycles. The largest absolute Gasteiger partial charge is 0.497 e. The number of hydrogen-bond acceptors (Lipinski definition) is 5. The van der Waals surface area contributed by atoms with Crippen molar-refractivity contribution in [3.05, 3.63) is 95.7 Å². The Morgan fingerprint density at radius 3 is 2.27 bits per heavy atom. The van der Waals surface area contributed by atoms with Crippen LogP contribution in [0.2, 0.25) is 0 Å². The number of para-hydroxylation sites is 1. The van der Waals surface area contributed by atoms with Gasteiger partial charge >= 0.3 is 0 Å². The second kappa shape index (κ2) is 11.5. The van der Waals surface area contributed by atoms with Crippen LogP contribution >= 0.6 is 0 Å². The van der Waals surface area contributed by atoms with E-state index in [0.29, 0.717) is 30.8 Å². The molecule has 1 aromatic heterocycles. The SMILES string of the molecule is CCOC=O.COc1ccc(C(=O)c2cn(Cc3cccc(OC)c3)c3ccccc23)cc1. The molecule has 0 atom stereocenters. The Labute approximate surface area is 193 Å². The fourth-order valence-electron chi connectivity index (χ4n) is 3.49. The Morgan fingerprint density at radius 1 is 0.909 bits per heavy atom. The van der Waals surface area contributed by atoms with E-state index in [1.54, 1.807) is 33.3 Å². The summed E-state index contributed by atoms with van der Waals surface area (Å²) >= 11 is 0. The van der Waals surface area contributed by atoms with Crippen LogP contribution in [0.5, 0.6) is 11.5 Å². The predicted molar refractivity (Wildman–Crippen MR) is 128 cm³/mol. The first-order valence-corrected chi connectivity index (χ1v) is 10.6. The Hall–Kier alpha value is -4.06. The monoisotopic (exact) mass is 445 g/mol. The number of rotatable bonds is 8. The zero-order valence-electron chi connectivity index (χ0n) is 19.0. The number of fused-ring (bicyclic) bond motifs is 1. The standard InChI is InChI=1S/C24H21NO3.C3H6O2/c1-27-19-12-10-18(11-13-19)24(26)22-16-25(23-9-4-3-8-21(22)23)15-17-6-5-7-20(14-17)28-2;1-2-5-3-4/h3-14,16H,15H2,1-2H3;3H,2H2,1H3. The fourth-order valence-corrected chi connectivity index (χ4v) is 3.49. The van der Waals surface area contributed by atoms with Crippen LogP contribution in [0.3, 0.4) is 0 Å². The van der Waals surface area contributed by atoms with Crippen molar-refractivity contribution in [2.24, 2.45) is 0 Å². The number of carbonyl (C=O) groups is 2. The molecule has 6 heteroatoms. The molecule has 0 saturated carbocycles. The summed E-state index contributed by atoms with van der Waals surface area (Å²) in [7, 11) is 3.28. The number of ether oxygens (including phenoxy) is 3. The lowest BCUT2D eigenvalue weighted by molar-refractivity contribution is -0.128. The molecular formula is C27H27NO5. The highest BCUT2D eigenvalue weighted by molar-refractivity contribution is 6.16. The second-order valence-electron chi connectivity index (χ2n) is 7.15. The third kappa shape index (κ3) is 5.80. The highest BCUT2D eigenvalue weighted by atomic mass is 16.5. The van der Waals surface area contributed by atoms with Crippen molar-refractivity contribution in [3.8, 4) is 11.5 Å². The van der Waals surface area contributed by atoms with Crippen LogP contribution in [0.4, 0.5) is 0 Å². The van der Waals surface area contributed by atoms with E-state index in [9.17, 15) is 9.59 Å². The van der Waals surface area contributed by atoms with Crippen LogP contribution in [0.15, 0.2) is 79.0 Å². The van der Waals surface area contributed by atoms with Crippen molar-refractivity contribution >= 4 is 23.2 Å². The van der Waals surface area contributed by atoms with Crippen LogP contribution in [-0.2, 0) is 16.1 Å². The van der Waals surface area contributed by atoms with E-state index in [0.717, 1.165) is 28.0 Å². The van der Waals surface area contributed by atoms with Crippen LogP contribution < -0.4 is 9.47 Å². The average Bonchev–Trinajstić information content (AvgIpc) is 3.23. The summed E-state index contributed by atoms with van der Waals surface area (Å²) in [5.41, 5.74) is 3.49. The lowest BCUT2D eigenvalue weighted by atomic mass is 10.0. The lowest BCUT2D eigenvalue weighted by Gasteiger charge is -2.07. The minimum Gasteiger partial charge on any atom is -0.497 e. The molecule has 6 nitrogen and oxygen atoms in total. The van der Waals surface area contributed by atoms with Crippen molar-refractivity contribution < 1.29 is 23.8 Å². The molecule has 0 N–H and O–H groups in total. The summed E-state index contributed by atoms with van der Waals surface area (Å²) in [6, 6.07) is 23.2. The zero-order chi connectivity index (χ0) is 23.6. The van der Waals surface area contributed by atoms with Crippen LogP contribution in [0, 0.1) is 0 Å². The third-order valence-electron chi connectivity index (χ3n) is 5.11. The fraction of sp³-hybridized carbons (Fsp3) is 0.185. The van der Waals surface area contributed by atoms with Gasteiger partial charge in [0.2, 0.25) is 0 Å². The molecule has 1 heterocycles. The van der Waals surface area contributed by atoms with E-state index < -0.39 is 0 Å². The number of carbonyl (C=O) groups excluding carboxylic acids is 2. The summed E-state index contributed by atoms with van der Waals surface area (Å²) in [5, 5.41) is 0.950. The lowest BCUT2D eigenvalue weighted by Crippen LogP contribution is -2.01. The Bertz CT molecular complexity index is 1210. The van der Waals surface area contributed by atoms with E-state index in [4.69, 9.17) is 9.47 Å². The van der Waals surface area contributed by atoms with Crippen molar-refractivity contribution in [2.45, 2.75) is 13.5 Å². The van der Waals surface area contributed by atoms with E-state index >= 15 is 0 Å². The van der Waals surface area contributed by atoms with Gasteiger partial charge < -0.3 is 18.8 Å². The van der Waals surface area contributed by atoms with Crippen molar-refractivity contribution in [2.75, 3.05) is 20.8 Å². The molecule has 4 rings (SSSR count). The van der Waals surface area contributed by atoms with Gasteiger partial charge in [0.15, 0.2) is 5.78 Å². The Balaban J connectivity index is 0.000000555. The van der Waals surface area contributed by atoms with Gasteiger partial charge in [0.25, 0.3) is 6.47 Å². The van der Waals surface area contributed by atoms with E-state index in [1.165, 1.54) is 0 Å². The number of aromatic nitrogens is 1. The molecule has 0 spiro atoms. The van der Waals surface area contributed by atoms with Crippen LogP contribution in [-0.4, -0.2) is 37.6 Å². The summed E-state index contributed by atoms with van der Waals surface area (Å²) in [5.74, 6) is 1.56. The molecule has 0 unspecified atom stereocenters. The van der Waals surface area contributed by atoms with E-state index in [2.05, 4.69) is 15.4 Å². The summed E-state index contributed by atoms with van der Waals surface area (Å²) in [4.78, 5) is 22.3. The average molecular weight is 446 g/mol. The minimum atomic E-state index is 0.00300. The number of benzene rings is 3. The highest BCUT2D eigenvalue weighted by Crippen LogP contribution is 2.26. The van der Waals surface area contributed by atoms with Gasteiger partial charge in [-0.25, -0.2) is 0 Å². The molecule has 33 heavy (non-hydrogen) atoms. The maximum absolute atomic E-state index is 13.2. The predicted octanol–water partition coefficient (Wildman–Crippen LogP) is 5.12. The van der Waals surface area contributed by atoms with E-state index in [1.807, 2.05) is 60.8 Å². The quantitative estimate of drug-likeness (QED) is 0.278. The smallest absolute Gasteiger partial charge is 0.293 e. The minimum absolute atomic E-state index is 0.00300. The van der Waals surface area contributed by atoms with Crippen LogP contribution in [0.1, 0.15) is 28.4 Å². The Kier molecular flexibility index (Phi) is 8.24. The topological polar surface area (TPSA) is 66.8 Å². The van der Waals surface area contributed by atoms with Crippen molar-refractivity contribution in [1.29, 1.82) is 0 Å². The summed E-state index contributed by atoms with van der Waals surface area (Å²) in [6.45, 7) is 3.32. The maximum Gasteiger partial charge on any atom is 0.293 e. The first kappa shape index (κ1) is 23.6. The van der Waals surface area contributed by atoms with E-state index in [-0.39, 0.29) is 5.78 Å². The molecular weight excluding hydrogens is 418 g/mol. The molecule has 0 amide bonds. The normalized spacial score (nSPS) is 10.2. The van der Waals surface area contributed by atoms with Gasteiger partial charge in [0.05, 0.1) is 20.8 Å². The van der Waals surface area contributed by atoms with Gasteiger partial charge in [-0.05, 0) is 55.0 Å². The molecule has 170 valence electrons. The zero-order valence-corrected chi connectivity index (χ0v) is 19.0. The molecule has 4 aromatic rings. The van der Waals surface area contributed by atoms with Gasteiger partial charge in [-0.2, -0.15) is 0 Å². The van der Waals surface area contributed by atoms with Crippen molar-refractivity contribution in [3.63, 3.8) is 0 Å². The molecule has 0 fully saturated rings. The number of hydrogen-bond donors (Lipinski definition) is 0. The van der Waals surface area contributed by atoms with Gasteiger partial charge in [-0.15, -0.1) is 0 Å². The first-order chi connectivity index (χ1) is 16.1. The molecule has 0 radical (unpaired) electrons. The van der Waals surface area contributed by atoms with Gasteiger partial charge in [0.1, 0.15) is 11.5 Å². The second-order valence-corrected chi connectivity index (χ2v) is 7.15. The van der Waals surface area contributed by atoms with Crippen molar-refractivity contribution in [1.82, 2.24) is 4.57 Å². The van der Waals surface area contributed by atoms with Gasteiger partial charge in [0, 0.05) is 34.8 Å². The number of methoxy groups -OCH3 is 2. The van der Waals surface area contributed by atoms with Crippen LogP contribution in [0.25, 0.3) is 10.9 Å². The summed E-state index contributed by atoms with van der Waals surface area (Å²) in [6.07, 6.45) is 1.94. The van der Waals surface area contributed by atoms with Gasteiger partial charge in [-0.1, -0.05) is 30.3 Å². The highest BCUT2D eigenvalue weighted by Gasteiger charge is 2.17. The number of nitrogens with zero attached hydrogens (tertiary/aromatic N) is 1. The molecule has 0 aliphatic rings. The molecule has 3 aromatic carbocycles. The maximum atomic E-state index is 13.2. The first-order valence-electron chi connectivity index (χ1n) is 10.6. The molecule has 0 bridgehead atoms. The Morgan fingerprint density at radius 2 is 1.64 bits per heavy atom.